The van der Waals surface area contributed by atoms with Gasteiger partial charge >= 0.3 is 5.97 Å². The number of aromatic carboxylic acids is 1. The van der Waals surface area contributed by atoms with Crippen LogP contribution in [0.15, 0.2) is 56.8 Å². The summed E-state index contributed by atoms with van der Waals surface area (Å²) in [6.45, 7) is 2.29. The van der Waals surface area contributed by atoms with Crippen LogP contribution in [-0.4, -0.2) is 38.7 Å². The fourth-order valence-corrected chi connectivity index (χ4v) is 3.98. The average molecular weight is 447 g/mol. The summed E-state index contributed by atoms with van der Waals surface area (Å²) in [5.41, 5.74) is 1.06. The number of aliphatic imine (C=N–C) groups is 1. The number of thioether (sulfide) groups is 1. The third-order valence-electron chi connectivity index (χ3n) is 3.79. The van der Waals surface area contributed by atoms with E-state index in [1.54, 1.807) is 6.08 Å². The van der Waals surface area contributed by atoms with Gasteiger partial charge in [-0.1, -0.05) is 28.1 Å². The first kappa shape index (κ1) is 19.2. The molecule has 0 unspecified atom stereocenters. The van der Waals surface area contributed by atoms with Gasteiger partial charge in [-0.05, 0) is 54.6 Å². The molecular formula is C19H15BrN2O4S. The lowest BCUT2D eigenvalue weighted by Crippen LogP contribution is -2.28. The van der Waals surface area contributed by atoms with Crippen LogP contribution in [0.3, 0.4) is 0 Å². The number of amides is 1. The molecule has 3 rings (SSSR count). The summed E-state index contributed by atoms with van der Waals surface area (Å²) in [6, 6.07) is 11.7. The first-order valence-corrected chi connectivity index (χ1v) is 9.62. The number of aromatic hydroxyl groups is 1. The summed E-state index contributed by atoms with van der Waals surface area (Å²) in [4.78, 5) is 30.1. The maximum atomic E-state index is 12.7. The van der Waals surface area contributed by atoms with Gasteiger partial charge in [0, 0.05) is 17.1 Å². The molecule has 1 heterocycles. The number of carbonyl (C=O) groups excluding carboxylic acids is 1. The zero-order valence-corrected chi connectivity index (χ0v) is 16.6. The van der Waals surface area contributed by atoms with Crippen molar-refractivity contribution in [1.29, 1.82) is 0 Å². The van der Waals surface area contributed by atoms with Gasteiger partial charge in [0.1, 0.15) is 11.3 Å². The Morgan fingerprint density at radius 1 is 1.30 bits per heavy atom. The van der Waals surface area contributed by atoms with E-state index in [1.165, 1.54) is 34.9 Å². The normalized spacial score (nSPS) is 17.1. The Morgan fingerprint density at radius 3 is 2.70 bits per heavy atom. The second kappa shape index (κ2) is 7.98. The SMILES string of the molecule is CCN1C(=O)/C(=C/c2cccc(Br)c2)SC1=Nc1ccc(C(=O)O)c(O)c1. The Labute approximate surface area is 168 Å². The monoisotopic (exact) mass is 446 g/mol. The van der Waals surface area contributed by atoms with E-state index < -0.39 is 5.97 Å². The second-order valence-corrected chi connectivity index (χ2v) is 7.54. The molecule has 0 aromatic heterocycles. The molecule has 6 nitrogen and oxygen atoms in total. The van der Waals surface area contributed by atoms with Gasteiger partial charge < -0.3 is 10.2 Å². The van der Waals surface area contributed by atoms with Crippen molar-refractivity contribution < 1.29 is 19.8 Å². The highest BCUT2D eigenvalue weighted by Gasteiger charge is 2.32. The molecule has 1 aliphatic rings. The lowest BCUT2D eigenvalue weighted by atomic mass is 10.2. The molecule has 1 saturated heterocycles. The van der Waals surface area contributed by atoms with Crippen LogP contribution in [0.1, 0.15) is 22.8 Å². The van der Waals surface area contributed by atoms with Crippen LogP contribution in [0.5, 0.6) is 5.75 Å². The molecule has 0 saturated carbocycles. The van der Waals surface area contributed by atoms with Crippen molar-refractivity contribution in [3.63, 3.8) is 0 Å². The van der Waals surface area contributed by atoms with Crippen molar-refractivity contribution in [3.8, 4) is 5.75 Å². The van der Waals surface area contributed by atoms with Gasteiger partial charge in [0.2, 0.25) is 0 Å². The van der Waals surface area contributed by atoms with Crippen molar-refractivity contribution in [2.45, 2.75) is 6.92 Å². The number of phenols is 1. The van der Waals surface area contributed by atoms with Crippen molar-refractivity contribution in [1.82, 2.24) is 4.90 Å². The smallest absolute Gasteiger partial charge is 0.339 e. The van der Waals surface area contributed by atoms with Crippen molar-refractivity contribution in [2.24, 2.45) is 4.99 Å². The van der Waals surface area contributed by atoms with E-state index in [1.807, 2.05) is 31.2 Å². The molecule has 0 bridgehead atoms. The highest BCUT2D eigenvalue weighted by atomic mass is 79.9. The van der Waals surface area contributed by atoms with E-state index in [4.69, 9.17) is 5.11 Å². The summed E-state index contributed by atoms with van der Waals surface area (Å²) in [7, 11) is 0. The Kier molecular flexibility index (Phi) is 5.67. The Balaban J connectivity index is 1.94. The van der Waals surface area contributed by atoms with E-state index in [9.17, 15) is 14.7 Å². The minimum atomic E-state index is -1.22. The molecule has 0 radical (unpaired) electrons. The van der Waals surface area contributed by atoms with E-state index >= 15 is 0 Å². The highest BCUT2D eigenvalue weighted by molar-refractivity contribution is 9.10. The third kappa shape index (κ3) is 4.23. The summed E-state index contributed by atoms with van der Waals surface area (Å²) in [5, 5.41) is 19.3. The van der Waals surface area contributed by atoms with Crippen LogP contribution in [0.2, 0.25) is 0 Å². The van der Waals surface area contributed by atoms with Gasteiger partial charge in [0.25, 0.3) is 5.91 Å². The molecule has 0 aliphatic carbocycles. The number of benzene rings is 2. The number of carboxylic acid groups (broad SMARTS) is 1. The first-order chi connectivity index (χ1) is 12.9. The van der Waals surface area contributed by atoms with Crippen LogP contribution in [0, 0.1) is 0 Å². The number of nitrogens with zero attached hydrogens (tertiary/aromatic N) is 2. The van der Waals surface area contributed by atoms with Gasteiger partial charge in [-0.15, -0.1) is 0 Å². The lowest BCUT2D eigenvalue weighted by molar-refractivity contribution is -0.122. The molecule has 138 valence electrons. The zero-order valence-electron chi connectivity index (χ0n) is 14.2. The fraction of sp³-hybridized carbons (Fsp3) is 0.105. The number of carbonyl (C=O) groups is 2. The molecule has 1 amide bonds. The van der Waals surface area contributed by atoms with Crippen LogP contribution < -0.4 is 0 Å². The number of carboxylic acids is 1. The minimum Gasteiger partial charge on any atom is -0.507 e. The van der Waals surface area contributed by atoms with Crippen LogP contribution in [0.4, 0.5) is 5.69 Å². The van der Waals surface area contributed by atoms with Gasteiger partial charge in [0.05, 0.1) is 10.6 Å². The largest absolute Gasteiger partial charge is 0.507 e. The standard InChI is InChI=1S/C19H15BrN2O4S/c1-2-22-17(24)16(9-11-4-3-5-12(20)8-11)27-19(22)21-13-6-7-14(18(25)26)15(23)10-13/h3-10,23H,2H2,1H3,(H,25,26)/b16-9-,21-19?. The summed E-state index contributed by atoms with van der Waals surface area (Å²) in [5.74, 6) is -1.73. The van der Waals surface area contributed by atoms with Crippen LogP contribution in [-0.2, 0) is 4.79 Å². The molecule has 2 N–H and O–H groups in total. The summed E-state index contributed by atoms with van der Waals surface area (Å²) < 4.78 is 0.919. The topological polar surface area (TPSA) is 90.2 Å². The Bertz CT molecular complexity index is 987. The molecule has 2 aromatic rings. The van der Waals surface area contributed by atoms with Crippen LogP contribution >= 0.6 is 27.7 Å². The third-order valence-corrected chi connectivity index (χ3v) is 5.29. The lowest BCUT2D eigenvalue weighted by Gasteiger charge is -2.12. The van der Waals surface area contributed by atoms with E-state index in [0.717, 1.165) is 10.0 Å². The fourth-order valence-electron chi connectivity index (χ4n) is 2.50. The second-order valence-electron chi connectivity index (χ2n) is 5.62. The summed E-state index contributed by atoms with van der Waals surface area (Å²) in [6.07, 6.45) is 1.80. The molecule has 2 aromatic carbocycles. The van der Waals surface area contributed by atoms with Gasteiger partial charge in [-0.25, -0.2) is 9.79 Å². The maximum absolute atomic E-state index is 12.7. The number of halogens is 1. The highest BCUT2D eigenvalue weighted by Crippen LogP contribution is 2.35. The van der Waals surface area contributed by atoms with Gasteiger partial charge in [0.15, 0.2) is 5.17 Å². The number of hydrogen-bond donors (Lipinski definition) is 2. The van der Waals surface area contributed by atoms with Crippen molar-refractivity contribution >= 4 is 56.5 Å². The number of amidine groups is 1. The van der Waals surface area contributed by atoms with Gasteiger partial charge in [-0.2, -0.15) is 0 Å². The minimum absolute atomic E-state index is 0.146. The molecule has 1 aliphatic heterocycles. The number of rotatable bonds is 4. The number of hydrogen-bond acceptors (Lipinski definition) is 5. The van der Waals surface area contributed by atoms with E-state index in [2.05, 4.69) is 20.9 Å². The number of likely N-dealkylation sites (N-methyl/N-ethyl adjacent to an activating group) is 1. The molecule has 8 heteroatoms. The first-order valence-electron chi connectivity index (χ1n) is 8.01. The molecular weight excluding hydrogens is 432 g/mol. The molecule has 1 fully saturated rings. The quantitative estimate of drug-likeness (QED) is 0.675. The predicted molar refractivity (Wildman–Crippen MR) is 109 cm³/mol. The van der Waals surface area contributed by atoms with Crippen molar-refractivity contribution in [2.75, 3.05) is 6.54 Å². The Hall–Kier alpha value is -2.58. The maximum Gasteiger partial charge on any atom is 0.339 e. The zero-order chi connectivity index (χ0) is 19.6. The average Bonchev–Trinajstić information content (AvgIpc) is 2.89. The predicted octanol–water partition coefficient (Wildman–Crippen LogP) is 4.48. The van der Waals surface area contributed by atoms with E-state index in [-0.39, 0.29) is 17.2 Å². The molecule has 27 heavy (non-hydrogen) atoms. The van der Waals surface area contributed by atoms with Crippen LogP contribution in [0.25, 0.3) is 6.08 Å². The van der Waals surface area contributed by atoms with Crippen molar-refractivity contribution in [3.05, 3.63) is 63.0 Å². The molecule has 0 atom stereocenters. The Morgan fingerprint density at radius 2 is 2.07 bits per heavy atom. The van der Waals surface area contributed by atoms with E-state index in [0.29, 0.717) is 22.3 Å². The summed E-state index contributed by atoms with van der Waals surface area (Å²) >= 11 is 4.65. The van der Waals surface area contributed by atoms with Gasteiger partial charge in [-0.3, -0.25) is 9.69 Å². The molecule has 0 spiro atoms.